The van der Waals surface area contributed by atoms with Gasteiger partial charge in [0, 0.05) is 16.1 Å². The van der Waals surface area contributed by atoms with Crippen LogP contribution in [0.5, 0.6) is 0 Å². The van der Waals surface area contributed by atoms with E-state index in [1.54, 1.807) is 25.1 Å². The van der Waals surface area contributed by atoms with Gasteiger partial charge < -0.3 is 5.73 Å². The number of halogens is 1. The van der Waals surface area contributed by atoms with Crippen LogP contribution in [0.1, 0.15) is 17.3 Å². The minimum atomic E-state index is -0.558. The van der Waals surface area contributed by atoms with Gasteiger partial charge >= 0.3 is 0 Å². The molecule has 0 bridgehead atoms. The minimum absolute atomic E-state index is 0.171. The van der Waals surface area contributed by atoms with Crippen LogP contribution in [-0.2, 0) is 0 Å². The lowest BCUT2D eigenvalue weighted by molar-refractivity contribution is 0.0992. The van der Waals surface area contributed by atoms with E-state index in [0.29, 0.717) is 16.1 Å². The molecule has 1 aromatic rings. The van der Waals surface area contributed by atoms with Crippen molar-refractivity contribution < 1.29 is 4.79 Å². The van der Waals surface area contributed by atoms with Gasteiger partial charge in [0.1, 0.15) is 0 Å². The smallest absolute Gasteiger partial charge is 0.182 e. The van der Waals surface area contributed by atoms with E-state index in [-0.39, 0.29) is 5.78 Å². The molecule has 0 saturated heterocycles. The lowest BCUT2D eigenvalue weighted by Gasteiger charge is -2.06. The molecule has 4 heteroatoms. The summed E-state index contributed by atoms with van der Waals surface area (Å²) in [6, 6.07) is 5.00. The largest absolute Gasteiger partial charge is 0.398 e. The molecule has 1 atom stereocenters. The molecule has 0 fully saturated rings. The molecule has 1 aromatic carbocycles. The molecule has 1 unspecified atom stereocenters. The molecule has 0 amide bonds. The zero-order valence-corrected chi connectivity index (χ0v) is 8.77. The molecular weight excluding hydrogens is 206 g/mol. The molecule has 2 N–H and O–H groups in total. The van der Waals surface area contributed by atoms with Gasteiger partial charge in [-0.2, -0.15) is 0 Å². The quantitative estimate of drug-likeness (QED) is 0.344. The normalized spacial score (nSPS) is 12.5. The summed E-state index contributed by atoms with van der Waals surface area (Å²) in [6.45, 7) is 1.62. The van der Waals surface area contributed by atoms with Gasteiger partial charge in [0.05, 0.1) is 5.38 Å². The average Bonchev–Trinajstić information content (AvgIpc) is 2.08. The van der Waals surface area contributed by atoms with Crippen LogP contribution in [0, 0.1) is 0 Å². The number of carbonyl (C=O) groups is 1. The fourth-order valence-electron chi connectivity index (χ4n) is 0.972. The standard InChI is InChI=1S/C9H10ClNOS/c1-5(10)9(12)7-4-6(13)2-3-8(7)11/h2-5,13H,11H2,1H3. The van der Waals surface area contributed by atoms with Crippen molar-refractivity contribution in [2.24, 2.45) is 0 Å². The van der Waals surface area contributed by atoms with Gasteiger partial charge in [-0.1, -0.05) is 0 Å². The zero-order valence-electron chi connectivity index (χ0n) is 7.12. The second-order valence-corrected chi connectivity index (χ2v) is 3.92. The first-order chi connectivity index (χ1) is 6.02. The van der Waals surface area contributed by atoms with Crippen molar-refractivity contribution >= 4 is 35.7 Å². The van der Waals surface area contributed by atoms with E-state index in [4.69, 9.17) is 17.3 Å². The molecule has 0 radical (unpaired) electrons. The van der Waals surface area contributed by atoms with Gasteiger partial charge in [0.2, 0.25) is 0 Å². The van der Waals surface area contributed by atoms with Crippen LogP contribution in [0.15, 0.2) is 23.1 Å². The molecule has 1 rings (SSSR count). The number of hydrogen-bond acceptors (Lipinski definition) is 3. The van der Waals surface area contributed by atoms with E-state index in [9.17, 15) is 4.79 Å². The van der Waals surface area contributed by atoms with Crippen molar-refractivity contribution in [2.45, 2.75) is 17.2 Å². The van der Waals surface area contributed by atoms with Crippen molar-refractivity contribution in [1.82, 2.24) is 0 Å². The highest BCUT2D eigenvalue weighted by Crippen LogP contribution is 2.19. The van der Waals surface area contributed by atoms with E-state index in [2.05, 4.69) is 12.6 Å². The molecule has 13 heavy (non-hydrogen) atoms. The molecule has 0 aliphatic heterocycles. The van der Waals surface area contributed by atoms with Gasteiger partial charge in [0.15, 0.2) is 5.78 Å². The Morgan fingerprint density at radius 2 is 2.23 bits per heavy atom. The van der Waals surface area contributed by atoms with Gasteiger partial charge in [0.25, 0.3) is 0 Å². The average molecular weight is 216 g/mol. The third kappa shape index (κ3) is 2.39. The van der Waals surface area contributed by atoms with E-state index >= 15 is 0 Å². The number of hydrogen-bond donors (Lipinski definition) is 2. The van der Waals surface area contributed by atoms with Gasteiger partial charge in [-0.25, -0.2) is 0 Å². The molecule has 0 aliphatic carbocycles. The molecule has 0 aliphatic rings. The number of benzene rings is 1. The van der Waals surface area contributed by atoms with Crippen molar-refractivity contribution in [1.29, 1.82) is 0 Å². The van der Waals surface area contributed by atoms with Crippen molar-refractivity contribution in [3.8, 4) is 0 Å². The second kappa shape index (κ2) is 4.03. The molecule has 0 aromatic heterocycles. The van der Waals surface area contributed by atoms with Crippen LogP contribution in [0.4, 0.5) is 5.69 Å². The summed E-state index contributed by atoms with van der Waals surface area (Å²) >= 11 is 9.77. The Labute approximate surface area is 87.5 Å². The first-order valence-corrected chi connectivity index (χ1v) is 4.67. The summed E-state index contributed by atoms with van der Waals surface area (Å²) in [7, 11) is 0. The number of nitrogens with two attached hydrogens (primary N) is 1. The Morgan fingerprint density at radius 3 is 2.77 bits per heavy atom. The van der Waals surface area contributed by atoms with Gasteiger partial charge in [-0.15, -0.1) is 24.2 Å². The monoisotopic (exact) mass is 215 g/mol. The van der Waals surface area contributed by atoms with Crippen LogP contribution < -0.4 is 5.73 Å². The second-order valence-electron chi connectivity index (χ2n) is 2.75. The number of ketones is 1. The molecule has 0 heterocycles. The molecule has 0 spiro atoms. The van der Waals surface area contributed by atoms with E-state index < -0.39 is 5.38 Å². The highest BCUT2D eigenvalue weighted by molar-refractivity contribution is 7.80. The lowest BCUT2D eigenvalue weighted by Crippen LogP contribution is -2.12. The first kappa shape index (κ1) is 10.4. The van der Waals surface area contributed by atoms with Gasteiger partial charge in [-0.3, -0.25) is 4.79 Å². The number of thiol groups is 1. The maximum absolute atomic E-state index is 11.5. The van der Waals surface area contributed by atoms with Crippen LogP contribution >= 0.6 is 24.2 Å². The van der Waals surface area contributed by atoms with Gasteiger partial charge in [-0.05, 0) is 25.1 Å². The summed E-state index contributed by atoms with van der Waals surface area (Å²) in [6.07, 6.45) is 0. The number of alkyl halides is 1. The Hall–Kier alpha value is -0.670. The lowest BCUT2D eigenvalue weighted by atomic mass is 10.1. The highest BCUT2D eigenvalue weighted by atomic mass is 35.5. The highest BCUT2D eigenvalue weighted by Gasteiger charge is 2.14. The van der Waals surface area contributed by atoms with Crippen LogP contribution in [0.25, 0.3) is 0 Å². The van der Waals surface area contributed by atoms with Crippen molar-refractivity contribution in [3.05, 3.63) is 23.8 Å². The maximum atomic E-state index is 11.5. The van der Waals surface area contributed by atoms with Crippen molar-refractivity contribution in [2.75, 3.05) is 5.73 Å². The van der Waals surface area contributed by atoms with E-state index in [1.165, 1.54) is 0 Å². The topological polar surface area (TPSA) is 43.1 Å². The number of anilines is 1. The fourth-order valence-corrected chi connectivity index (χ4v) is 1.29. The Morgan fingerprint density at radius 1 is 1.62 bits per heavy atom. The summed E-state index contributed by atoms with van der Waals surface area (Å²) in [5.74, 6) is -0.171. The van der Waals surface area contributed by atoms with Crippen LogP contribution in [0.3, 0.4) is 0 Å². The van der Waals surface area contributed by atoms with Crippen LogP contribution in [0.2, 0.25) is 0 Å². The zero-order chi connectivity index (χ0) is 10.0. The maximum Gasteiger partial charge on any atom is 0.182 e. The van der Waals surface area contributed by atoms with Crippen LogP contribution in [-0.4, -0.2) is 11.2 Å². The summed E-state index contributed by atoms with van der Waals surface area (Å²) in [5, 5.41) is -0.558. The predicted molar refractivity (Wildman–Crippen MR) is 57.8 cm³/mol. The first-order valence-electron chi connectivity index (χ1n) is 3.79. The molecular formula is C9H10ClNOS. The Balaban J connectivity index is 3.13. The number of Topliss-reactive ketones (excluding diaryl/α,β-unsaturated/α-hetero) is 1. The number of carbonyl (C=O) groups excluding carboxylic acids is 1. The summed E-state index contributed by atoms with van der Waals surface area (Å²) in [5.41, 5.74) is 6.49. The molecule has 2 nitrogen and oxygen atoms in total. The SMILES string of the molecule is CC(Cl)C(=O)c1cc(S)ccc1N. The summed E-state index contributed by atoms with van der Waals surface area (Å²) in [4.78, 5) is 12.2. The third-order valence-electron chi connectivity index (χ3n) is 1.66. The number of rotatable bonds is 2. The van der Waals surface area contributed by atoms with E-state index in [1.807, 2.05) is 0 Å². The third-order valence-corrected chi connectivity index (χ3v) is 2.14. The molecule has 0 saturated carbocycles. The van der Waals surface area contributed by atoms with Crippen molar-refractivity contribution in [3.63, 3.8) is 0 Å². The Bertz CT molecular complexity index is 338. The Kier molecular flexibility index (Phi) is 3.22. The summed E-state index contributed by atoms with van der Waals surface area (Å²) < 4.78 is 0. The molecule has 70 valence electrons. The predicted octanol–water partition coefficient (Wildman–Crippen LogP) is 2.37. The van der Waals surface area contributed by atoms with E-state index in [0.717, 1.165) is 0 Å². The minimum Gasteiger partial charge on any atom is -0.398 e. The number of nitrogen functional groups attached to an aromatic ring is 1. The fraction of sp³-hybridized carbons (Fsp3) is 0.222.